The molecule has 1 heteroatoms. The number of nitrogens with zero attached hydrogens (tertiary/aromatic N) is 1. The SMILES string of the molecule is CC1(C)c2ccccc2-c2c(-c3ccc(N(c4ccccc4)c4ccc5c(c4)C4(c6ccccc6-c6ccccc64)c4ccccc4-5)cc3)ccc3cccc1c23. The molecule has 9 aromatic rings. The van der Waals surface area contributed by atoms with Crippen LogP contribution in [0.4, 0.5) is 17.1 Å². The number of fused-ring (bicyclic) bond motifs is 12. The Hall–Kier alpha value is -6.96. The van der Waals surface area contributed by atoms with Gasteiger partial charge < -0.3 is 4.90 Å². The summed E-state index contributed by atoms with van der Waals surface area (Å²) in [5.74, 6) is 0. The summed E-state index contributed by atoms with van der Waals surface area (Å²) in [6.45, 7) is 4.74. The second-order valence-corrected chi connectivity index (χ2v) is 16.4. The van der Waals surface area contributed by atoms with Crippen molar-refractivity contribution < 1.29 is 0 Å². The van der Waals surface area contributed by atoms with Gasteiger partial charge in [0, 0.05) is 22.5 Å². The second kappa shape index (κ2) is 11.8. The second-order valence-electron chi connectivity index (χ2n) is 16.4. The molecule has 1 nitrogen and oxygen atoms in total. The molecule has 0 unspecified atom stereocenters. The molecule has 12 rings (SSSR count). The van der Waals surface area contributed by atoms with E-state index in [4.69, 9.17) is 0 Å². The highest BCUT2D eigenvalue weighted by atomic mass is 15.1. The molecule has 9 aromatic carbocycles. The lowest BCUT2D eigenvalue weighted by Crippen LogP contribution is -2.26. The zero-order valence-corrected chi connectivity index (χ0v) is 32.0. The Balaban J connectivity index is 1.04. The van der Waals surface area contributed by atoms with Crippen LogP contribution in [-0.4, -0.2) is 0 Å². The zero-order chi connectivity index (χ0) is 37.9. The molecule has 0 radical (unpaired) electrons. The molecule has 0 heterocycles. The van der Waals surface area contributed by atoms with Crippen molar-refractivity contribution in [3.63, 3.8) is 0 Å². The van der Waals surface area contributed by atoms with Crippen LogP contribution in [-0.2, 0) is 10.8 Å². The van der Waals surface area contributed by atoms with Crippen LogP contribution in [0.5, 0.6) is 0 Å². The molecule has 0 aromatic heterocycles. The molecular weight excluding hydrogens is 687 g/mol. The van der Waals surface area contributed by atoms with Gasteiger partial charge in [0.05, 0.1) is 5.41 Å². The van der Waals surface area contributed by atoms with Gasteiger partial charge in [0.2, 0.25) is 0 Å². The molecule has 0 N–H and O–H groups in total. The van der Waals surface area contributed by atoms with Gasteiger partial charge in [-0.25, -0.2) is 0 Å². The molecule has 1 spiro atoms. The minimum atomic E-state index is -0.400. The van der Waals surface area contributed by atoms with Crippen molar-refractivity contribution in [1.29, 1.82) is 0 Å². The third kappa shape index (κ3) is 4.29. The van der Waals surface area contributed by atoms with Crippen LogP contribution in [0.1, 0.15) is 47.2 Å². The Morgan fingerprint density at radius 2 is 0.825 bits per heavy atom. The number of para-hydroxylation sites is 1. The first-order valence-corrected chi connectivity index (χ1v) is 20.1. The smallest absolute Gasteiger partial charge is 0.0726 e. The third-order valence-corrected chi connectivity index (χ3v) is 13.3. The summed E-state index contributed by atoms with van der Waals surface area (Å²) in [5, 5.41) is 2.67. The predicted molar refractivity (Wildman–Crippen MR) is 238 cm³/mol. The minimum absolute atomic E-state index is 0.0831. The zero-order valence-electron chi connectivity index (χ0n) is 32.0. The molecule has 3 aliphatic rings. The molecule has 57 heavy (non-hydrogen) atoms. The first kappa shape index (κ1) is 32.3. The van der Waals surface area contributed by atoms with E-state index in [-0.39, 0.29) is 5.41 Å². The number of hydrogen-bond acceptors (Lipinski definition) is 1. The van der Waals surface area contributed by atoms with E-state index in [0.717, 1.165) is 17.1 Å². The summed E-state index contributed by atoms with van der Waals surface area (Å²) in [7, 11) is 0. The Morgan fingerprint density at radius 1 is 0.333 bits per heavy atom. The van der Waals surface area contributed by atoms with E-state index in [1.165, 1.54) is 88.7 Å². The number of rotatable bonds is 4. The fourth-order valence-corrected chi connectivity index (χ4v) is 10.8. The Morgan fingerprint density at radius 3 is 1.47 bits per heavy atom. The van der Waals surface area contributed by atoms with Gasteiger partial charge >= 0.3 is 0 Å². The van der Waals surface area contributed by atoms with Crippen LogP contribution in [0, 0.1) is 0 Å². The van der Waals surface area contributed by atoms with Crippen LogP contribution in [0.3, 0.4) is 0 Å². The molecule has 0 aliphatic heterocycles. The molecule has 268 valence electrons. The average Bonchev–Trinajstić information content (AvgIpc) is 3.73. The van der Waals surface area contributed by atoms with E-state index < -0.39 is 5.41 Å². The van der Waals surface area contributed by atoms with E-state index in [0.29, 0.717) is 0 Å². The summed E-state index contributed by atoms with van der Waals surface area (Å²) < 4.78 is 0. The third-order valence-electron chi connectivity index (χ3n) is 13.3. The maximum absolute atomic E-state index is 2.47. The summed E-state index contributed by atoms with van der Waals surface area (Å²) in [6.07, 6.45) is 0. The monoisotopic (exact) mass is 725 g/mol. The number of hydrogen-bond donors (Lipinski definition) is 0. The summed E-state index contributed by atoms with van der Waals surface area (Å²) in [5.41, 5.74) is 21.5. The van der Waals surface area contributed by atoms with Crippen LogP contribution >= 0.6 is 0 Å². The van der Waals surface area contributed by atoms with Gasteiger partial charge in [-0.2, -0.15) is 0 Å². The van der Waals surface area contributed by atoms with Gasteiger partial charge in [0.25, 0.3) is 0 Å². The van der Waals surface area contributed by atoms with Gasteiger partial charge in [-0.05, 0) is 125 Å². The molecule has 3 aliphatic carbocycles. The molecule has 0 atom stereocenters. The van der Waals surface area contributed by atoms with Crippen molar-refractivity contribution in [1.82, 2.24) is 0 Å². The summed E-state index contributed by atoms with van der Waals surface area (Å²) >= 11 is 0. The topological polar surface area (TPSA) is 3.24 Å². The Bertz CT molecular complexity index is 3030. The quantitative estimate of drug-likeness (QED) is 0.175. The molecule has 0 saturated heterocycles. The lowest BCUT2D eigenvalue weighted by Gasteiger charge is -2.36. The summed E-state index contributed by atoms with van der Waals surface area (Å²) in [4.78, 5) is 2.42. The van der Waals surface area contributed by atoms with Crippen molar-refractivity contribution in [3.8, 4) is 44.5 Å². The van der Waals surface area contributed by atoms with Crippen LogP contribution in [0.15, 0.2) is 200 Å². The Kier molecular flexibility index (Phi) is 6.67. The molecule has 0 fully saturated rings. The van der Waals surface area contributed by atoms with E-state index >= 15 is 0 Å². The number of benzene rings is 9. The first-order chi connectivity index (χ1) is 28.0. The van der Waals surface area contributed by atoms with Gasteiger partial charge in [0.1, 0.15) is 0 Å². The average molecular weight is 726 g/mol. The predicted octanol–water partition coefficient (Wildman–Crippen LogP) is 14.6. The highest BCUT2D eigenvalue weighted by Gasteiger charge is 2.51. The van der Waals surface area contributed by atoms with E-state index in [1.807, 2.05) is 0 Å². The first-order valence-electron chi connectivity index (χ1n) is 20.1. The number of anilines is 3. The van der Waals surface area contributed by atoms with Crippen LogP contribution in [0.2, 0.25) is 0 Å². The minimum Gasteiger partial charge on any atom is -0.310 e. The largest absolute Gasteiger partial charge is 0.310 e. The highest BCUT2D eigenvalue weighted by molar-refractivity contribution is 6.09. The molecule has 0 amide bonds. The standard InChI is InChI=1S/C56H39N/c1-55(2)47-22-10-9-21-46(47)54-41(33-29-37-15-14-26-51(55)53(37)54)36-27-30-39(31-28-36)57(38-16-4-3-5-17-38)40-32-34-45-44-20-8-13-25-50(44)56(52(45)35-40)48-23-11-6-18-42(48)43-19-7-12-24-49(43)56/h3-35H,1-2H3. The van der Waals surface area contributed by atoms with Gasteiger partial charge in [-0.1, -0.05) is 178 Å². The van der Waals surface area contributed by atoms with Crippen molar-refractivity contribution in [2.75, 3.05) is 4.90 Å². The van der Waals surface area contributed by atoms with Gasteiger partial charge in [-0.3, -0.25) is 0 Å². The van der Waals surface area contributed by atoms with Crippen molar-refractivity contribution >= 4 is 27.8 Å². The Labute approximate surface area is 334 Å². The van der Waals surface area contributed by atoms with Crippen LogP contribution in [0.25, 0.3) is 55.3 Å². The van der Waals surface area contributed by atoms with Crippen molar-refractivity contribution in [2.45, 2.75) is 24.7 Å². The normalized spacial score (nSPS) is 14.4. The molecule has 0 bridgehead atoms. The highest BCUT2D eigenvalue weighted by Crippen LogP contribution is 2.63. The lowest BCUT2D eigenvalue weighted by atomic mass is 9.67. The van der Waals surface area contributed by atoms with Gasteiger partial charge in [0.15, 0.2) is 0 Å². The maximum atomic E-state index is 2.47. The van der Waals surface area contributed by atoms with Gasteiger partial charge in [-0.15, -0.1) is 0 Å². The van der Waals surface area contributed by atoms with E-state index in [2.05, 4.69) is 219 Å². The summed E-state index contributed by atoms with van der Waals surface area (Å²) in [6, 6.07) is 74.8. The van der Waals surface area contributed by atoms with Crippen molar-refractivity contribution in [3.05, 3.63) is 234 Å². The van der Waals surface area contributed by atoms with Crippen LogP contribution < -0.4 is 4.90 Å². The van der Waals surface area contributed by atoms with E-state index in [9.17, 15) is 0 Å². The van der Waals surface area contributed by atoms with E-state index in [1.54, 1.807) is 0 Å². The fourth-order valence-electron chi connectivity index (χ4n) is 10.8. The maximum Gasteiger partial charge on any atom is 0.0726 e. The molecular formula is C56H39N. The van der Waals surface area contributed by atoms with Crippen molar-refractivity contribution in [2.24, 2.45) is 0 Å². The fraction of sp³-hybridized carbons (Fsp3) is 0.0714. The lowest BCUT2D eigenvalue weighted by molar-refractivity contribution is 0.645. The molecule has 0 saturated carbocycles.